The van der Waals surface area contributed by atoms with Gasteiger partial charge in [-0.05, 0) is 45.0 Å². The van der Waals surface area contributed by atoms with Crippen molar-refractivity contribution in [2.75, 3.05) is 18.0 Å². The Balaban J connectivity index is 2.52. The van der Waals surface area contributed by atoms with E-state index in [0.717, 1.165) is 23.3 Å². The molecule has 0 bridgehead atoms. The van der Waals surface area contributed by atoms with E-state index in [1.54, 1.807) is 19.1 Å². The minimum Gasteiger partial charge on any atom is -0.372 e. The lowest BCUT2D eigenvalue weighted by Crippen LogP contribution is -2.35. The Labute approximate surface area is 127 Å². The molecule has 1 aromatic carbocycles. The summed E-state index contributed by atoms with van der Waals surface area (Å²) in [6, 6.07) is 7.32. The van der Waals surface area contributed by atoms with Crippen LogP contribution >= 0.6 is 11.6 Å². The number of rotatable bonds is 4. The molecule has 0 unspecified atom stereocenters. The number of H-pyrrole nitrogens is 1. The molecule has 0 saturated carbocycles. The molecule has 0 aliphatic rings. The standard InChI is InChI=1S/C15H18ClN3O2/c1-4-18(5-2)11-6-8-12(9-7-11)19-14(20)10(3)13(16)17-15(19)21/h6-9H,4-5H2,1-3H3,(H,17,21). The molecule has 1 N–H and O–H groups in total. The summed E-state index contributed by atoms with van der Waals surface area (Å²) in [5.41, 5.74) is 0.963. The van der Waals surface area contributed by atoms with Crippen LogP contribution in [0.25, 0.3) is 5.69 Å². The van der Waals surface area contributed by atoms with Gasteiger partial charge in [0, 0.05) is 18.8 Å². The molecule has 0 atom stereocenters. The highest BCUT2D eigenvalue weighted by molar-refractivity contribution is 6.30. The summed E-state index contributed by atoms with van der Waals surface area (Å²) in [6.07, 6.45) is 0. The molecule has 1 aromatic heterocycles. The number of benzene rings is 1. The summed E-state index contributed by atoms with van der Waals surface area (Å²) in [4.78, 5) is 28.8. The fourth-order valence-corrected chi connectivity index (χ4v) is 2.39. The van der Waals surface area contributed by atoms with E-state index >= 15 is 0 Å². The summed E-state index contributed by atoms with van der Waals surface area (Å²) in [7, 11) is 0. The first kappa shape index (κ1) is 15.4. The quantitative estimate of drug-likeness (QED) is 0.882. The van der Waals surface area contributed by atoms with Crippen LogP contribution in [0.15, 0.2) is 33.9 Å². The number of hydrogen-bond donors (Lipinski definition) is 1. The average Bonchev–Trinajstić information content (AvgIpc) is 2.48. The minimum atomic E-state index is -0.536. The monoisotopic (exact) mass is 307 g/mol. The molecule has 2 aromatic rings. The van der Waals surface area contributed by atoms with E-state index in [1.807, 2.05) is 12.1 Å². The zero-order valence-electron chi connectivity index (χ0n) is 12.3. The Hall–Kier alpha value is -2.01. The molecule has 0 fully saturated rings. The lowest BCUT2D eigenvalue weighted by Gasteiger charge is -2.21. The Bertz CT molecular complexity index is 743. The Morgan fingerprint density at radius 3 is 2.24 bits per heavy atom. The fourth-order valence-electron chi connectivity index (χ4n) is 2.23. The first-order chi connectivity index (χ1) is 9.99. The minimum absolute atomic E-state index is 0.0843. The smallest absolute Gasteiger partial charge is 0.334 e. The highest BCUT2D eigenvalue weighted by Gasteiger charge is 2.11. The van der Waals surface area contributed by atoms with Gasteiger partial charge in [-0.2, -0.15) is 0 Å². The van der Waals surface area contributed by atoms with Gasteiger partial charge < -0.3 is 4.90 Å². The second-order valence-corrected chi connectivity index (χ2v) is 5.08. The van der Waals surface area contributed by atoms with Gasteiger partial charge in [-0.1, -0.05) is 11.6 Å². The molecule has 6 heteroatoms. The number of nitrogens with zero attached hydrogens (tertiary/aromatic N) is 2. The van der Waals surface area contributed by atoms with Crippen molar-refractivity contribution in [3.05, 3.63) is 55.8 Å². The average molecular weight is 308 g/mol. The normalized spacial score (nSPS) is 10.7. The molecule has 112 valence electrons. The predicted molar refractivity (Wildman–Crippen MR) is 86.0 cm³/mol. The van der Waals surface area contributed by atoms with Crippen LogP contribution in [-0.2, 0) is 0 Å². The van der Waals surface area contributed by atoms with Crippen molar-refractivity contribution in [3.8, 4) is 5.69 Å². The van der Waals surface area contributed by atoms with Crippen molar-refractivity contribution in [3.63, 3.8) is 0 Å². The maximum atomic E-state index is 12.2. The lowest BCUT2D eigenvalue weighted by atomic mass is 10.2. The number of nitrogens with one attached hydrogen (secondary N) is 1. The van der Waals surface area contributed by atoms with Crippen LogP contribution in [0.1, 0.15) is 19.4 Å². The summed E-state index contributed by atoms with van der Waals surface area (Å²) < 4.78 is 1.09. The van der Waals surface area contributed by atoms with Crippen LogP contribution in [0.2, 0.25) is 5.15 Å². The molecule has 5 nitrogen and oxygen atoms in total. The second-order valence-electron chi connectivity index (χ2n) is 4.70. The van der Waals surface area contributed by atoms with Crippen LogP contribution in [-0.4, -0.2) is 22.6 Å². The number of aromatic amines is 1. The van der Waals surface area contributed by atoms with E-state index < -0.39 is 11.2 Å². The summed E-state index contributed by atoms with van der Waals surface area (Å²) in [5.74, 6) is 0. The van der Waals surface area contributed by atoms with Gasteiger partial charge in [-0.3, -0.25) is 9.78 Å². The summed E-state index contributed by atoms with van der Waals surface area (Å²) >= 11 is 5.81. The van der Waals surface area contributed by atoms with Gasteiger partial charge in [-0.15, -0.1) is 0 Å². The zero-order valence-corrected chi connectivity index (χ0v) is 13.1. The van der Waals surface area contributed by atoms with E-state index in [4.69, 9.17) is 11.6 Å². The van der Waals surface area contributed by atoms with E-state index in [9.17, 15) is 9.59 Å². The molecule has 0 aliphatic carbocycles. The van der Waals surface area contributed by atoms with Crippen LogP contribution < -0.4 is 16.1 Å². The second kappa shape index (κ2) is 6.18. The zero-order chi connectivity index (χ0) is 15.6. The summed E-state index contributed by atoms with van der Waals surface area (Å²) in [6.45, 7) is 7.54. The van der Waals surface area contributed by atoms with Gasteiger partial charge >= 0.3 is 5.69 Å². The van der Waals surface area contributed by atoms with Crippen LogP contribution in [0.4, 0.5) is 5.69 Å². The third-order valence-corrected chi connectivity index (χ3v) is 3.89. The van der Waals surface area contributed by atoms with E-state index in [2.05, 4.69) is 23.7 Å². The van der Waals surface area contributed by atoms with Gasteiger partial charge in [0.05, 0.1) is 11.3 Å². The Morgan fingerprint density at radius 2 is 1.71 bits per heavy atom. The molecular weight excluding hydrogens is 290 g/mol. The van der Waals surface area contributed by atoms with Crippen molar-refractivity contribution in [1.29, 1.82) is 0 Å². The maximum Gasteiger partial charge on any atom is 0.334 e. The maximum absolute atomic E-state index is 12.2. The molecule has 0 spiro atoms. The first-order valence-corrected chi connectivity index (χ1v) is 7.24. The summed E-state index contributed by atoms with van der Waals surface area (Å²) in [5, 5.41) is 0.0843. The number of anilines is 1. The van der Waals surface area contributed by atoms with Gasteiger partial charge in [0.25, 0.3) is 5.56 Å². The van der Waals surface area contributed by atoms with Crippen molar-refractivity contribution >= 4 is 17.3 Å². The molecule has 0 radical (unpaired) electrons. The predicted octanol–water partition coefficient (Wildman–Crippen LogP) is 2.33. The highest BCUT2D eigenvalue weighted by atomic mass is 35.5. The molecular formula is C15H18ClN3O2. The van der Waals surface area contributed by atoms with E-state index in [0.29, 0.717) is 11.3 Å². The van der Waals surface area contributed by atoms with E-state index in [1.165, 1.54) is 0 Å². The van der Waals surface area contributed by atoms with Crippen LogP contribution in [0.3, 0.4) is 0 Å². The SMILES string of the molecule is CCN(CC)c1ccc(-n2c(=O)[nH]c(Cl)c(C)c2=O)cc1. The first-order valence-electron chi connectivity index (χ1n) is 6.86. The molecule has 0 aliphatic heterocycles. The van der Waals surface area contributed by atoms with Crippen molar-refractivity contribution in [2.45, 2.75) is 20.8 Å². The van der Waals surface area contributed by atoms with Gasteiger partial charge in [0.2, 0.25) is 0 Å². The Morgan fingerprint density at radius 1 is 1.14 bits per heavy atom. The van der Waals surface area contributed by atoms with Crippen molar-refractivity contribution < 1.29 is 0 Å². The lowest BCUT2D eigenvalue weighted by molar-refractivity contribution is 0.851. The van der Waals surface area contributed by atoms with Crippen LogP contribution in [0.5, 0.6) is 0 Å². The van der Waals surface area contributed by atoms with Crippen molar-refractivity contribution in [1.82, 2.24) is 9.55 Å². The molecule has 2 rings (SSSR count). The Kier molecular flexibility index (Phi) is 4.53. The third-order valence-electron chi connectivity index (χ3n) is 3.51. The third kappa shape index (κ3) is 2.88. The highest BCUT2D eigenvalue weighted by Crippen LogP contribution is 2.16. The van der Waals surface area contributed by atoms with Crippen LogP contribution in [0, 0.1) is 6.92 Å². The van der Waals surface area contributed by atoms with Gasteiger partial charge in [0.15, 0.2) is 0 Å². The molecule has 1 heterocycles. The van der Waals surface area contributed by atoms with Gasteiger partial charge in [-0.25, -0.2) is 9.36 Å². The molecule has 21 heavy (non-hydrogen) atoms. The number of halogens is 1. The molecule has 0 amide bonds. The fraction of sp³-hybridized carbons (Fsp3) is 0.333. The van der Waals surface area contributed by atoms with Gasteiger partial charge in [0.1, 0.15) is 5.15 Å². The largest absolute Gasteiger partial charge is 0.372 e. The number of hydrogen-bond acceptors (Lipinski definition) is 3. The topological polar surface area (TPSA) is 58.1 Å². The van der Waals surface area contributed by atoms with E-state index in [-0.39, 0.29) is 5.15 Å². The number of aromatic nitrogens is 2. The molecule has 0 saturated heterocycles. The van der Waals surface area contributed by atoms with Crippen molar-refractivity contribution in [2.24, 2.45) is 0 Å².